The van der Waals surface area contributed by atoms with Crippen LogP contribution in [0.5, 0.6) is 0 Å². The van der Waals surface area contributed by atoms with Gasteiger partial charge in [-0.1, -0.05) is 47.0 Å². The van der Waals surface area contributed by atoms with Crippen molar-refractivity contribution in [2.45, 2.75) is 110 Å². The number of piperidine rings is 1. The number of amides is 1. The van der Waals surface area contributed by atoms with Crippen LogP contribution in [0.25, 0.3) is 10.9 Å². The SMILES string of the molecule is CC.CC.NNc1ncccc1N.O=C(c1nc(Br)c2cccnc2c1NC1CCCCC1)N1C2CCC[C@@H]1CC2. The predicted octanol–water partition coefficient (Wildman–Crippen LogP) is 7.30. The minimum atomic E-state index is 0.0822. The van der Waals surface area contributed by atoms with Gasteiger partial charge in [-0.15, -0.1) is 0 Å². The van der Waals surface area contributed by atoms with Crippen LogP contribution in [0.3, 0.4) is 0 Å². The van der Waals surface area contributed by atoms with Gasteiger partial charge in [-0.05, 0) is 85.1 Å². The Morgan fingerprint density at radius 1 is 0.902 bits per heavy atom. The van der Waals surface area contributed by atoms with Crippen molar-refractivity contribution in [3.63, 3.8) is 0 Å². The van der Waals surface area contributed by atoms with Crippen LogP contribution in [0, 0.1) is 0 Å². The van der Waals surface area contributed by atoms with Crippen LogP contribution in [0.15, 0.2) is 41.3 Å². The highest BCUT2D eigenvalue weighted by Crippen LogP contribution is 2.39. The van der Waals surface area contributed by atoms with E-state index in [9.17, 15) is 4.79 Å². The highest BCUT2D eigenvalue weighted by atomic mass is 79.9. The van der Waals surface area contributed by atoms with Crippen molar-refractivity contribution in [2.75, 3.05) is 16.5 Å². The van der Waals surface area contributed by atoms with Crippen molar-refractivity contribution in [1.29, 1.82) is 0 Å². The highest BCUT2D eigenvalue weighted by molar-refractivity contribution is 9.10. The molecule has 41 heavy (non-hydrogen) atoms. The predicted molar refractivity (Wildman–Crippen MR) is 174 cm³/mol. The summed E-state index contributed by atoms with van der Waals surface area (Å²) in [6.07, 6.45) is 15.3. The zero-order valence-electron chi connectivity index (χ0n) is 25.0. The molecule has 0 aromatic carbocycles. The Kier molecular flexibility index (Phi) is 13.1. The molecule has 1 aliphatic carbocycles. The summed E-state index contributed by atoms with van der Waals surface area (Å²) in [6, 6.07) is 8.57. The number of nitrogen functional groups attached to an aromatic ring is 2. The van der Waals surface area contributed by atoms with Gasteiger partial charge in [0.1, 0.15) is 4.60 Å². The number of carbonyl (C=O) groups is 1. The summed E-state index contributed by atoms with van der Waals surface area (Å²) in [5.41, 5.74) is 10.6. The first-order valence-electron chi connectivity index (χ1n) is 15.3. The maximum atomic E-state index is 13.7. The molecule has 2 atom stereocenters. The number of rotatable bonds is 4. The molecule has 9 nitrogen and oxygen atoms in total. The lowest BCUT2D eigenvalue weighted by Gasteiger charge is -2.35. The van der Waals surface area contributed by atoms with Crippen LogP contribution >= 0.6 is 15.9 Å². The molecule has 0 spiro atoms. The maximum Gasteiger partial charge on any atom is 0.275 e. The normalized spacial score (nSPS) is 19.5. The smallest absolute Gasteiger partial charge is 0.275 e. The largest absolute Gasteiger partial charge is 0.396 e. The molecule has 3 fully saturated rings. The van der Waals surface area contributed by atoms with Gasteiger partial charge in [-0.25, -0.2) is 15.8 Å². The maximum absolute atomic E-state index is 13.7. The number of hydrogen-bond donors (Lipinski definition) is 4. The molecule has 1 unspecified atom stereocenters. The van der Waals surface area contributed by atoms with E-state index in [4.69, 9.17) is 16.6 Å². The van der Waals surface area contributed by atoms with E-state index < -0.39 is 0 Å². The summed E-state index contributed by atoms with van der Waals surface area (Å²) < 4.78 is 0.706. The average Bonchev–Trinajstić information content (AvgIpc) is 3.28. The summed E-state index contributed by atoms with van der Waals surface area (Å²) in [7, 11) is 0. The zero-order chi connectivity index (χ0) is 29.8. The molecule has 3 aromatic heterocycles. The quantitative estimate of drug-likeness (QED) is 0.135. The number of hydrogen-bond acceptors (Lipinski definition) is 8. The second kappa shape index (κ2) is 16.5. The fraction of sp³-hybridized carbons (Fsp3) is 0.548. The van der Waals surface area contributed by atoms with Crippen molar-refractivity contribution in [2.24, 2.45) is 5.84 Å². The molecule has 224 valence electrons. The number of halogens is 1. The zero-order valence-corrected chi connectivity index (χ0v) is 26.6. The minimum Gasteiger partial charge on any atom is -0.396 e. The van der Waals surface area contributed by atoms with Gasteiger partial charge in [0.2, 0.25) is 0 Å². The molecular weight excluding hydrogens is 580 g/mol. The number of nitrogens with one attached hydrogen (secondary N) is 2. The molecule has 5 heterocycles. The fourth-order valence-electron chi connectivity index (χ4n) is 5.95. The van der Waals surface area contributed by atoms with Crippen LogP contribution in [-0.4, -0.2) is 43.9 Å². The molecule has 3 aromatic rings. The first-order valence-corrected chi connectivity index (χ1v) is 16.1. The van der Waals surface area contributed by atoms with E-state index in [-0.39, 0.29) is 5.91 Å². The number of fused-ring (bicyclic) bond motifs is 3. The van der Waals surface area contributed by atoms with Crippen molar-refractivity contribution >= 4 is 49.9 Å². The van der Waals surface area contributed by atoms with Gasteiger partial charge >= 0.3 is 0 Å². The molecule has 10 heteroatoms. The second-order valence-corrected chi connectivity index (χ2v) is 10.9. The van der Waals surface area contributed by atoms with Crippen LogP contribution in [0.1, 0.15) is 102 Å². The van der Waals surface area contributed by atoms with Crippen LogP contribution < -0.4 is 22.3 Å². The van der Waals surface area contributed by atoms with Gasteiger partial charge in [0, 0.05) is 35.9 Å². The molecule has 2 bridgehead atoms. The van der Waals surface area contributed by atoms with E-state index in [1.54, 1.807) is 24.5 Å². The van der Waals surface area contributed by atoms with E-state index in [2.05, 4.69) is 41.5 Å². The number of pyridine rings is 3. The molecule has 2 aliphatic heterocycles. The Labute approximate surface area is 253 Å². The van der Waals surface area contributed by atoms with Gasteiger partial charge in [-0.3, -0.25) is 9.78 Å². The minimum absolute atomic E-state index is 0.0822. The Hall–Kier alpha value is -2.98. The number of hydrazine groups is 1. The van der Waals surface area contributed by atoms with E-state index in [0.29, 0.717) is 39.9 Å². The fourth-order valence-corrected chi connectivity index (χ4v) is 6.45. The summed E-state index contributed by atoms with van der Waals surface area (Å²) in [4.78, 5) is 29.1. The molecule has 1 amide bonds. The first kappa shape index (κ1) is 32.5. The number of nitrogens with two attached hydrogens (primary N) is 2. The van der Waals surface area contributed by atoms with Gasteiger partial charge in [0.25, 0.3) is 5.91 Å². The van der Waals surface area contributed by atoms with E-state index >= 15 is 0 Å². The van der Waals surface area contributed by atoms with E-state index in [1.807, 2.05) is 39.8 Å². The lowest BCUT2D eigenvalue weighted by atomic mass is 9.95. The first-order chi connectivity index (χ1) is 20.1. The van der Waals surface area contributed by atoms with E-state index in [0.717, 1.165) is 55.1 Å². The lowest BCUT2D eigenvalue weighted by Crippen LogP contribution is -2.44. The van der Waals surface area contributed by atoms with Crippen LogP contribution in [-0.2, 0) is 0 Å². The third-order valence-electron chi connectivity index (χ3n) is 7.77. The Bertz CT molecular complexity index is 1230. The summed E-state index contributed by atoms with van der Waals surface area (Å²) >= 11 is 3.60. The Morgan fingerprint density at radius 3 is 2.15 bits per heavy atom. The number of aromatic nitrogens is 3. The van der Waals surface area contributed by atoms with Crippen LogP contribution in [0.2, 0.25) is 0 Å². The average molecular weight is 628 g/mol. The summed E-state index contributed by atoms with van der Waals surface area (Å²) in [6.45, 7) is 8.00. The summed E-state index contributed by atoms with van der Waals surface area (Å²) in [5, 5.41) is 4.65. The Morgan fingerprint density at radius 2 is 1.54 bits per heavy atom. The van der Waals surface area contributed by atoms with Crippen molar-refractivity contribution in [3.05, 3.63) is 47.0 Å². The summed E-state index contributed by atoms with van der Waals surface area (Å²) in [5.74, 6) is 5.65. The standard InChI is InChI=1S/C22H27BrN4O.C5H8N4.2C2H6/c23-21-17-10-5-13-24-18(17)19(25-14-6-2-1-3-7-14)20(26-21)22(28)27-15-8-4-9-16(27)12-11-15;6-4-2-1-3-8-5(4)9-7;2*1-2/h5,10,13-16,25H,1-4,6-9,11-12H2;1-3H,6-7H2,(H,8,9);2*1-2H3/t15-,16?;;;/m1.../s1. The molecule has 6 N–H and O–H groups in total. The number of carbonyl (C=O) groups excluding carboxylic acids is 1. The molecule has 3 aliphatic rings. The second-order valence-electron chi connectivity index (χ2n) is 10.1. The van der Waals surface area contributed by atoms with Gasteiger partial charge in [0.05, 0.1) is 16.9 Å². The number of nitrogens with zero attached hydrogens (tertiary/aromatic N) is 4. The van der Waals surface area contributed by atoms with Crippen LogP contribution in [0.4, 0.5) is 17.2 Å². The topological polar surface area (TPSA) is 135 Å². The lowest BCUT2D eigenvalue weighted by molar-refractivity contribution is 0.0590. The molecule has 1 saturated carbocycles. The molecule has 2 saturated heterocycles. The highest BCUT2D eigenvalue weighted by Gasteiger charge is 2.41. The molecule has 0 radical (unpaired) electrons. The van der Waals surface area contributed by atoms with Gasteiger partial charge in [0.15, 0.2) is 11.5 Å². The monoisotopic (exact) mass is 626 g/mol. The molecular formula is C31H47BrN8O. The van der Waals surface area contributed by atoms with E-state index in [1.165, 1.54) is 25.7 Å². The van der Waals surface area contributed by atoms with Crippen molar-refractivity contribution in [1.82, 2.24) is 19.9 Å². The third-order valence-corrected chi connectivity index (χ3v) is 8.38. The van der Waals surface area contributed by atoms with Gasteiger partial charge in [-0.2, -0.15) is 0 Å². The Balaban J connectivity index is 0.000000300. The third kappa shape index (κ3) is 7.86. The van der Waals surface area contributed by atoms with Crippen molar-refractivity contribution in [3.8, 4) is 0 Å². The van der Waals surface area contributed by atoms with Gasteiger partial charge < -0.3 is 21.4 Å². The molecule has 6 rings (SSSR count). The van der Waals surface area contributed by atoms with Crippen molar-refractivity contribution < 1.29 is 4.79 Å². The number of anilines is 3.